The first-order valence-corrected chi connectivity index (χ1v) is 7.24. The van der Waals surface area contributed by atoms with Crippen molar-refractivity contribution in [3.63, 3.8) is 0 Å². The summed E-state index contributed by atoms with van der Waals surface area (Å²) in [5.74, 6) is 0.632. The minimum atomic E-state index is -0.0918. The van der Waals surface area contributed by atoms with Crippen molar-refractivity contribution in [1.82, 2.24) is 0 Å². The first kappa shape index (κ1) is 15.0. The molecule has 18 heavy (non-hydrogen) atoms. The number of allylic oxidation sites excluding steroid dienone is 3. The lowest BCUT2D eigenvalue weighted by Gasteiger charge is -2.10. The number of ether oxygens (including phenoxy) is 1. The normalized spacial score (nSPS) is 26.5. The van der Waals surface area contributed by atoms with Crippen molar-refractivity contribution in [3.05, 3.63) is 24.3 Å². The molecule has 0 aromatic carbocycles. The average molecular weight is 250 g/mol. The van der Waals surface area contributed by atoms with Crippen molar-refractivity contribution in [1.29, 1.82) is 0 Å². The molecule has 1 rings (SSSR count). The van der Waals surface area contributed by atoms with E-state index in [1.807, 2.05) is 6.08 Å². The van der Waals surface area contributed by atoms with Crippen molar-refractivity contribution >= 4 is 5.97 Å². The van der Waals surface area contributed by atoms with Gasteiger partial charge in [-0.15, -0.1) is 0 Å². The topological polar surface area (TPSA) is 26.3 Å². The molecular weight excluding hydrogens is 224 g/mol. The van der Waals surface area contributed by atoms with Gasteiger partial charge in [-0.05, 0) is 50.9 Å². The van der Waals surface area contributed by atoms with Crippen LogP contribution in [0.2, 0.25) is 0 Å². The van der Waals surface area contributed by atoms with Crippen LogP contribution in [-0.2, 0) is 9.53 Å². The summed E-state index contributed by atoms with van der Waals surface area (Å²) in [5, 5.41) is 0. The van der Waals surface area contributed by atoms with Crippen LogP contribution < -0.4 is 0 Å². The van der Waals surface area contributed by atoms with Crippen molar-refractivity contribution < 1.29 is 9.53 Å². The Labute approximate surface area is 111 Å². The van der Waals surface area contributed by atoms with Gasteiger partial charge in [-0.2, -0.15) is 0 Å². The Balaban J connectivity index is 2.34. The molecule has 0 saturated carbocycles. The van der Waals surface area contributed by atoms with E-state index < -0.39 is 0 Å². The van der Waals surface area contributed by atoms with Gasteiger partial charge in [0.05, 0.1) is 13.0 Å². The summed E-state index contributed by atoms with van der Waals surface area (Å²) < 4.78 is 5.19. The third kappa shape index (κ3) is 8.10. The molecule has 0 amide bonds. The molecule has 102 valence electrons. The SMILES string of the molecule is CC1CCC=CCCC/C=C/CC(=O)OCCC1. The second-order valence-corrected chi connectivity index (χ2v) is 5.12. The van der Waals surface area contributed by atoms with Gasteiger partial charge in [-0.25, -0.2) is 0 Å². The lowest BCUT2D eigenvalue weighted by molar-refractivity contribution is -0.142. The molecule has 1 aliphatic heterocycles. The lowest BCUT2D eigenvalue weighted by Crippen LogP contribution is -2.06. The zero-order chi connectivity index (χ0) is 13.1. The van der Waals surface area contributed by atoms with E-state index in [1.54, 1.807) is 0 Å². The second-order valence-electron chi connectivity index (χ2n) is 5.12. The highest BCUT2D eigenvalue weighted by Crippen LogP contribution is 2.13. The van der Waals surface area contributed by atoms with Crippen LogP contribution in [0.4, 0.5) is 0 Å². The fourth-order valence-electron chi connectivity index (χ4n) is 2.09. The van der Waals surface area contributed by atoms with Gasteiger partial charge in [0.1, 0.15) is 0 Å². The van der Waals surface area contributed by atoms with Gasteiger partial charge < -0.3 is 4.74 Å². The van der Waals surface area contributed by atoms with E-state index in [0.29, 0.717) is 13.0 Å². The maximum absolute atomic E-state index is 11.4. The van der Waals surface area contributed by atoms with Crippen LogP contribution in [-0.4, -0.2) is 12.6 Å². The summed E-state index contributed by atoms with van der Waals surface area (Å²) in [4.78, 5) is 11.4. The molecule has 1 heterocycles. The molecule has 1 unspecified atom stereocenters. The van der Waals surface area contributed by atoms with Crippen LogP contribution in [0, 0.1) is 5.92 Å². The smallest absolute Gasteiger partial charge is 0.309 e. The Hall–Kier alpha value is -1.05. The predicted octanol–water partition coefficient (Wildman–Crippen LogP) is 4.41. The third-order valence-corrected chi connectivity index (χ3v) is 3.29. The van der Waals surface area contributed by atoms with Crippen LogP contribution in [0.25, 0.3) is 0 Å². The molecular formula is C16H26O2. The highest BCUT2D eigenvalue weighted by Gasteiger charge is 2.03. The van der Waals surface area contributed by atoms with Crippen LogP contribution in [0.3, 0.4) is 0 Å². The van der Waals surface area contributed by atoms with Crippen LogP contribution in [0.1, 0.15) is 58.3 Å². The summed E-state index contributed by atoms with van der Waals surface area (Å²) in [6.07, 6.45) is 17.0. The number of hydrogen-bond donors (Lipinski definition) is 0. The van der Waals surface area contributed by atoms with E-state index in [-0.39, 0.29) is 5.97 Å². The van der Waals surface area contributed by atoms with Gasteiger partial charge in [0.25, 0.3) is 0 Å². The fraction of sp³-hybridized carbons (Fsp3) is 0.688. The number of hydrogen-bond acceptors (Lipinski definition) is 2. The largest absolute Gasteiger partial charge is 0.465 e. The Morgan fingerprint density at radius 1 is 1.00 bits per heavy atom. The summed E-state index contributed by atoms with van der Waals surface area (Å²) in [6, 6.07) is 0. The lowest BCUT2D eigenvalue weighted by atomic mass is 10.00. The number of carbonyl (C=O) groups excluding carboxylic acids is 1. The van der Waals surface area contributed by atoms with Gasteiger partial charge in [-0.1, -0.05) is 31.2 Å². The molecule has 0 saturated heterocycles. The van der Waals surface area contributed by atoms with E-state index in [2.05, 4.69) is 25.2 Å². The Morgan fingerprint density at radius 2 is 1.72 bits per heavy atom. The summed E-state index contributed by atoms with van der Waals surface area (Å²) in [7, 11) is 0. The molecule has 0 radical (unpaired) electrons. The van der Waals surface area contributed by atoms with E-state index in [0.717, 1.165) is 38.0 Å². The standard InChI is InChI=1S/C16H26O2/c1-15-11-8-6-4-2-3-5-7-9-13-16(17)18-14-10-12-15/h4,6-7,9,15H,2-3,5,8,10-14H2,1H3/b6-4?,9-7+. The van der Waals surface area contributed by atoms with Crippen LogP contribution in [0.5, 0.6) is 0 Å². The van der Waals surface area contributed by atoms with Gasteiger partial charge in [0.2, 0.25) is 0 Å². The number of carbonyl (C=O) groups is 1. The van der Waals surface area contributed by atoms with Crippen molar-refractivity contribution in [2.45, 2.75) is 58.3 Å². The maximum atomic E-state index is 11.4. The first-order chi connectivity index (χ1) is 8.79. The molecule has 0 aromatic rings. The highest BCUT2D eigenvalue weighted by atomic mass is 16.5. The molecule has 0 N–H and O–H groups in total. The molecule has 1 aliphatic rings. The van der Waals surface area contributed by atoms with E-state index in [4.69, 9.17) is 4.74 Å². The Kier molecular flexibility index (Phi) is 8.28. The Morgan fingerprint density at radius 3 is 2.56 bits per heavy atom. The summed E-state index contributed by atoms with van der Waals surface area (Å²) in [6.45, 7) is 2.86. The van der Waals surface area contributed by atoms with E-state index >= 15 is 0 Å². The Bertz CT molecular complexity index is 279. The van der Waals surface area contributed by atoms with Gasteiger partial charge >= 0.3 is 5.97 Å². The average Bonchev–Trinajstić information content (AvgIpc) is 2.35. The summed E-state index contributed by atoms with van der Waals surface area (Å²) in [5.41, 5.74) is 0. The van der Waals surface area contributed by atoms with Crippen molar-refractivity contribution in [2.75, 3.05) is 6.61 Å². The number of cyclic esters (lactones) is 1. The molecule has 0 bridgehead atoms. The molecule has 0 aromatic heterocycles. The molecule has 0 fully saturated rings. The first-order valence-electron chi connectivity index (χ1n) is 7.24. The van der Waals surface area contributed by atoms with Gasteiger partial charge in [0.15, 0.2) is 0 Å². The zero-order valence-electron chi connectivity index (χ0n) is 11.6. The van der Waals surface area contributed by atoms with Gasteiger partial charge in [-0.3, -0.25) is 4.79 Å². The van der Waals surface area contributed by atoms with Crippen LogP contribution in [0.15, 0.2) is 24.3 Å². The monoisotopic (exact) mass is 250 g/mol. The quantitative estimate of drug-likeness (QED) is 0.470. The predicted molar refractivity (Wildman–Crippen MR) is 75.3 cm³/mol. The van der Waals surface area contributed by atoms with E-state index in [9.17, 15) is 4.79 Å². The molecule has 0 aliphatic carbocycles. The van der Waals surface area contributed by atoms with E-state index in [1.165, 1.54) is 12.8 Å². The summed E-state index contributed by atoms with van der Waals surface area (Å²) >= 11 is 0. The minimum absolute atomic E-state index is 0.0918. The minimum Gasteiger partial charge on any atom is -0.465 e. The fourth-order valence-corrected chi connectivity index (χ4v) is 2.09. The van der Waals surface area contributed by atoms with Gasteiger partial charge in [0, 0.05) is 0 Å². The van der Waals surface area contributed by atoms with Crippen molar-refractivity contribution in [2.24, 2.45) is 5.92 Å². The molecule has 2 nitrogen and oxygen atoms in total. The molecule has 0 spiro atoms. The highest BCUT2D eigenvalue weighted by molar-refractivity contribution is 5.71. The number of rotatable bonds is 0. The van der Waals surface area contributed by atoms with Crippen molar-refractivity contribution in [3.8, 4) is 0 Å². The maximum Gasteiger partial charge on any atom is 0.309 e. The third-order valence-electron chi connectivity index (χ3n) is 3.29. The molecule has 1 atom stereocenters. The number of esters is 1. The van der Waals surface area contributed by atoms with Crippen LogP contribution >= 0.6 is 0 Å². The zero-order valence-corrected chi connectivity index (χ0v) is 11.6. The molecule has 2 heteroatoms. The second kappa shape index (κ2) is 9.93.